The lowest BCUT2D eigenvalue weighted by atomic mass is 9.80. The van der Waals surface area contributed by atoms with Crippen LogP contribution < -0.4 is 0 Å². The summed E-state index contributed by atoms with van der Waals surface area (Å²) in [6.07, 6.45) is 2.84. The van der Waals surface area contributed by atoms with Gasteiger partial charge in [-0.05, 0) is 56.9 Å². The average molecular weight is 505 g/mol. The first-order valence-electron chi connectivity index (χ1n) is 13.4. The number of rotatable bonds is 9. The van der Waals surface area contributed by atoms with Crippen LogP contribution in [0.5, 0.6) is 0 Å². The van der Waals surface area contributed by atoms with E-state index in [-0.39, 0.29) is 30.1 Å². The highest BCUT2D eigenvalue weighted by Crippen LogP contribution is 2.48. The van der Waals surface area contributed by atoms with E-state index < -0.39 is 23.1 Å². The molecule has 0 spiro atoms. The average Bonchev–Trinajstić information content (AvgIpc) is 3.45. The van der Waals surface area contributed by atoms with Gasteiger partial charge in [0.15, 0.2) is 12.1 Å². The normalized spacial score (nSPS) is 42.8. The lowest BCUT2D eigenvalue weighted by Gasteiger charge is -2.48. The molecular formula is C29H44O7. The monoisotopic (exact) mass is 504 g/mol. The molecule has 1 aromatic carbocycles. The molecule has 0 aliphatic carbocycles. The van der Waals surface area contributed by atoms with Gasteiger partial charge < -0.3 is 33.6 Å². The van der Waals surface area contributed by atoms with Gasteiger partial charge in [0.25, 0.3) is 0 Å². The van der Waals surface area contributed by atoms with Crippen LogP contribution in [0.1, 0.15) is 65.9 Å². The zero-order valence-electron chi connectivity index (χ0n) is 22.6. The number of carbonyl (C=O) groups is 1. The van der Waals surface area contributed by atoms with E-state index in [0.717, 1.165) is 24.8 Å². The molecule has 3 aliphatic rings. The highest BCUT2D eigenvalue weighted by Gasteiger charge is 2.56. The third-order valence-corrected chi connectivity index (χ3v) is 8.75. The van der Waals surface area contributed by atoms with E-state index >= 15 is 0 Å². The zero-order chi connectivity index (χ0) is 26.1. The van der Waals surface area contributed by atoms with Gasteiger partial charge in [-0.3, -0.25) is 0 Å². The van der Waals surface area contributed by atoms with Gasteiger partial charge in [-0.2, -0.15) is 0 Å². The van der Waals surface area contributed by atoms with Crippen LogP contribution in [-0.4, -0.2) is 66.5 Å². The molecule has 1 aromatic rings. The summed E-state index contributed by atoms with van der Waals surface area (Å²) in [5.41, 5.74) is -0.938. The van der Waals surface area contributed by atoms with Gasteiger partial charge in [0.05, 0.1) is 36.6 Å². The molecule has 4 rings (SSSR count). The van der Waals surface area contributed by atoms with Crippen LogP contribution in [0.3, 0.4) is 0 Å². The molecule has 1 N–H and O–H groups in total. The van der Waals surface area contributed by atoms with Crippen molar-refractivity contribution in [1.29, 1.82) is 0 Å². The second-order valence-corrected chi connectivity index (χ2v) is 11.8. The highest BCUT2D eigenvalue weighted by molar-refractivity contribution is 5.62. The highest BCUT2D eigenvalue weighted by atomic mass is 16.7. The summed E-state index contributed by atoms with van der Waals surface area (Å²) in [7, 11) is 1.70. The van der Waals surface area contributed by atoms with Crippen molar-refractivity contribution in [2.24, 2.45) is 17.8 Å². The Morgan fingerprint density at radius 3 is 2.53 bits per heavy atom. The minimum absolute atomic E-state index is 0.0952. The number of ether oxygens (including phenoxy) is 5. The van der Waals surface area contributed by atoms with Crippen LogP contribution >= 0.6 is 0 Å². The first-order chi connectivity index (χ1) is 17.0. The van der Waals surface area contributed by atoms with Crippen molar-refractivity contribution in [2.75, 3.05) is 13.7 Å². The quantitative estimate of drug-likeness (QED) is 0.503. The van der Waals surface area contributed by atoms with Gasteiger partial charge in [0.2, 0.25) is 0 Å². The van der Waals surface area contributed by atoms with Gasteiger partial charge in [-0.15, -0.1) is 0 Å². The summed E-state index contributed by atoms with van der Waals surface area (Å²) in [5, 5.41) is 10.4. The van der Waals surface area contributed by atoms with Gasteiger partial charge in [0, 0.05) is 13.0 Å². The number of hydrogen-bond donors (Lipinski definition) is 1. The van der Waals surface area contributed by atoms with Crippen LogP contribution in [-0.2, 0) is 35.1 Å². The minimum atomic E-state index is -1.49. The maximum absolute atomic E-state index is 11.4. The fourth-order valence-electron chi connectivity index (χ4n) is 6.53. The molecule has 0 bridgehead atoms. The second kappa shape index (κ2) is 10.8. The van der Waals surface area contributed by atoms with Gasteiger partial charge in [0.1, 0.15) is 12.2 Å². The first-order valence-corrected chi connectivity index (χ1v) is 13.4. The predicted molar refractivity (Wildman–Crippen MR) is 135 cm³/mol. The van der Waals surface area contributed by atoms with Gasteiger partial charge in [-0.1, -0.05) is 51.1 Å². The summed E-state index contributed by atoms with van der Waals surface area (Å²) in [5.74, 6) is -0.116. The Balaban J connectivity index is 1.43. The number of hydrogen-bond acceptors (Lipinski definition) is 7. The van der Waals surface area contributed by atoms with Crippen molar-refractivity contribution in [3.63, 3.8) is 0 Å². The topological polar surface area (TPSA) is 83.5 Å². The number of aliphatic hydroxyl groups is 1. The lowest BCUT2D eigenvalue weighted by Crippen LogP contribution is -2.57. The lowest BCUT2D eigenvalue weighted by molar-refractivity contribution is -0.336. The molecule has 0 amide bonds. The second-order valence-electron chi connectivity index (χ2n) is 11.8. The molecule has 3 fully saturated rings. The Morgan fingerprint density at radius 1 is 1.14 bits per heavy atom. The molecule has 3 aliphatic heterocycles. The molecule has 36 heavy (non-hydrogen) atoms. The number of aldehydes is 1. The fraction of sp³-hybridized carbons (Fsp3) is 0.759. The van der Waals surface area contributed by atoms with Gasteiger partial charge >= 0.3 is 0 Å². The molecule has 10 atom stereocenters. The van der Waals surface area contributed by atoms with Crippen molar-refractivity contribution < 1.29 is 33.6 Å². The van der Waals surface area contributed by atoms with Crippen LogP contribution in [0.4, 0.5) is 0 Å². The smallest absolute Gasteiger partial charge is 0.194 e. The number of carbonyl (C=O) groups excluding carboxylic acids is 1. The van der Waals surface area contributed by atoms with Crippen LogP contribution in [0.25, 0.3) is 0 Å². The summed E-state index contributed by atoms with van der Waals surface area (Å²) >= 11 is 0. The SMILES string of the molecule is CO[C@@]1(COCc2ccccc2)O[C@H]([C@H]2C[C@H](C)[C@H]([C@]3(C)CC[C@H]([C@@](C)(O)C=O)O3)O2)[C@@H](C)C[C@H]1C. The molecule has 0 aromatic heterocycles. The standard InChI is InChI=1S/C29H44O7/c1-19-14-21(3)29(32-6,18-33-16-22-10-8-7-9-11-22)36-25(19)23-15-20(2)26(34-23)28(5)13-12-24(35-28)27(4,31)17-30/h7-11,17,19-21,23-26,31H,12-16,18H2,1-6H3/t19-,20-,21+,23+,24+,25-,26+,27-,28-,29-/m0/s1. The molecule has 7 nitrogen and oxygen atoms in total. The van der Waals surface area contributed by atoms with Crippen molar-refractivity contribution >= 4 is 6.29 Å². The fourth-order valence-corrected chi connectivity index (χ4v) is 6.53. The van der Waals surface area contributed by atoms with E-state index in [9.17, 15) is 9.90 Å². The van der Waals surface area contributed by atoms with Gasteiger partial charge in [-0.25, -0.2) is 0 Å². The summed E-state index contributed by atoms with van der Waals surface area (Å²) in [4.78, 5) is 11.4. The van der Waals surface area contributed by atoms with Crippen LogP contribution in [0, 0.1) is 17.8 Å². The molecule has 0 saturated carbocycles. The maximum Gasteiger partial charge on any atom is 0.194 e. The third-order valence-electron chi connectivity index (χ3n) is 8.75. The van der Waals surface area contributed by atoms with Crippen molar-refractivity contribution in [2.45, 2.75) is 108 Å². The van der Waals surface area contributed by atoms with Crippen molar-refractivity contribution in [3.05, 3.63) is 35.9 Å². The molecule has 3 saturated heterocycles. The Morgan fingerprint density at radius 2 is 1.86 bits per heavy atom. The van der Waals surface area contributed by atoms with Crippen LogP contribution in [0.2, 0.25) is 0 Å². The van der Waals surface area contributed by atoms with Crippen LogP contribution in [0.15, 0.2) is 30.3 Å². The Hall–Kier alpha value is -1.35. The molecule has 7 heteroatoms. The Bertz CT molecular complexity index is 876. The molecule has 202 valence electrons. The summed E-state index contributed by atoms with van der Waals surface area (Å²) < 4.78 is 31.9. The number of benzene rings is 1. The summed E-state index contributed by atoms with van der Waals surface area (Å²) in [6.45, 7) is 11.0. The minimum Gasteiger partial charge on any atom is -0.380 e. The Kier molecular flexibility index (Phi) is 8.30. The molecular weight excluding hydrogens is 460 g/mol. The maximum atomic E-state index is 11.4. The molecule has 3 heterocycles. The van der Waals surface area contributed by atoms with E-state index in [2.05, 4.69) is 20.8 Å². The molecule has 0 radical (unpaired) electrons. The zero-order valence-corrected chi connectivity index (χ0v) is 22.6. The van der Waals surface area contributed by atoms with E-state index in [1.165, 1.54) is 6.92 Å². The van der Waals surface area contributed by atoms with E-state index in [1.807, 2.05) is 37.3 Å². The van der Waals surface area contributed by atoms with Crippen molar-refractivity contribution in [1.82, 2.24) is 0 Å². The predicted octanol–water partition coefficient (Wildman–Crippen LogP) is 4.29. The van der Waals surface area contributed by atoms with E-state index in [0.29, 0.717) is 31.8 Å². The largest absolute Gasteiger partial charge is 0.380 e. The van der Waals surface area contributed by atoms with E-state index in [1.54, 1.807) is 7.11 Å². The van der Waals surface area contributed by atoms with E-state index in [4.69, 9.17) is 23.7 Å². The third kappa shape index (κ3) is 5.42. The molecule has 0 unspecified atom stereocenters. The van der Waals surface area contributed by atoms with Crippen molar-refractivity contribution in [3.8, 4) is 0 Å². The Labute approximate surface area is 215 Å². The summed E-state index contributed by atoms with van der Waals surface area (Å²) in [6, 6.07) is 10.1. The number of methoxy groups -OCH3 is 1. The first kappa shape index (κ1) is 27.7.